The van der Waals surface area contributed by atoms with E-state index in [1.165, 1.54) is 11.3 Å². The number of amides is 1. The zero-order valence-corrected chi connectivity index (χ0v) is 20.2. The Morgan fingerprint density at radius 1 is 1.19 bits per heavy atom. The molecule has 1 N–H and O–H groups in total. The van der Waals surface area contributed by atoms with Crippen LogP contribution >= 0.6 is 22.9 Å². The molecule has 0 aliphatic carbocycles. The minimum Gasteiger partial charge on any atom is -0.481 e. The normalized spacial score (nSPS) is 11.2. The van der Waals surface area contributed by atoms with Crippen LogP contribution in [0, 0.1) is 6.92 Å². The molecular weight excluding hydrogens is 472 g/mol. The number of rotatable bonds is 9. The Bertz CT molecular complexity index is 1200. The largest absolute Gasteiger partial charge is 0.481 e. The fourth-order valence-electron chi connectivity index (χ4n) is 2.96. The van der Waals surface area contributed by atoms with Crippen LogP contribution in [0.25, 0.3) is 0 Å². The maximum atomic E-state index is 12.4. The molecule has 3 rings (SSSR count). The Kier molecular flexibility index (Phi) is 7.70. The number of ether oxygens (including phenoxy) is 1. The number of benzene rings is 1. The van der Waals surface area contributed by atoms with E-state index in [0.29, 0.717) is 40.4 Å². The predicted octanol–water partition coefficient (Wildman–Crippen LogP) is 3.45. The predicted molar refractivity (Wildman–Crippen MR) is 126 cm³/mol. The van der Waals surface area contributed by atoms with E-state index in [0.717, 1.165) is 17.5 Å². The zero-order chi connectivity index (χ0) is 23.3. The van der Waals surface area contributed by atoms with Crippen LogP contribution in [-0.2, 0) is 23.0 Å². The van der Waals surface area contributed by atoms with Crippen molar-refractivity contribution < 1.29 is 17.9 Å². The molecule has 0 aliphatic heterocycles. The number of nitrogens with one attached hydrogen (secondary N) is 1. The van der Waals surface area contributed by atoms with Gasteiger partial charge in [-0.1, -0.05) is 29.8 Å². The van der Waals surface area contributed by atoms with Crippen LogP contribution in [-0.4, -0.2) is 44.2 Å². The fraction of sp³-hybridized carbons (Fsp3) is 0.286. The molecule has 170 valence electrons. The number of methoxy groups -OCH3 is 1. The summed E-state index contributed by atoms with van der Waals surface area (Å²) in [6, 6.07) is 13.1. The fourth-order valence-corrected chi connectivity index (χ4v) is 4.45. The van der Waals surface area contributed by atoms with Gasteiger partial charge in [0.15, 0.2) is 5.13 Å². The van der Waals surface area contributed by atoms with Gasteiger partial charge in [0, 0.05) is 22.5 Å². The number of anilines is 1. The first-order chi connectivity index (χ1) is 15.1. The van der Waals surface area contributed by atoms with Crippen molar-refractivity contribution >= 4 is 44.0 Å². The monoisotopic (exact) mass is 494 g/mol. The van der Waals surface area contributed by atoms with Crippen molar-refractivity contribution in [3.05, 3.63) is 69.3 Å². The van der Waals surface area contributed by atoms with Gasteiger partial charge in [-0.25, -0.2) is 23.1 Å². The minimum absolute atomic E-state index is 0.0884. The molecule has 1 amide bonds. The van der Waals surface area contributed by atoms with Gasteiger partial charge in [0.25, 0.3) is 5.91 Å². The Morgan fingerprint density at radius 3 is 2.56 bits per heavy atom. The van der Waals surface area contributed by atoms with Crippen molar-refractivity contribution in [3.63, 3.8) is 0 Å². The van der Waals surface area contributed by atoms with Crippen LogP contribution < -0.4 is 14.4 Å². The lowest BCUT2D eigenvalue weighted by Crippen LogP contribution is -2.30. The second-order valence-corrected chi connectivity index (χ2v) is 10.4. The van der Waals surface area contributed by atoms with E-state index in [-0.39, 0.29) is 5.69 Å². The summed E-state index contributed by atoms with van der Waals surface area (Å²) in [5.74, 6) is -0.242. The number of aromatic nitrogens is 2. The van der Waals surface area contributed by atoms with Crippen LogP contribution in [0.1, 0.15) is 26.6 Å². The van der Waals surface area contributed by atoms with Crippen molar-refractivity contribution in [2.24, 2.45) is 0 Å². The molecule has 0 radical (unpaired) electrons. The lowest BCUT2D eigenvalue weighted by Gasteiger charge is -2.22. The van der Waals surface area contributed by atoms with Gasteiger partial charge in [-0.15, -0.1) is 11.3 Å². The molecule has 0 fully saturated rings. The van der Waals surface area contributed by atoms with Gasteiger partial charge >= 0.3 is 0 Å². The molecule has 8 nitrogen and oxygen atoms in total. The molecule has 1 aromatic carbocycles. The molecule has 0 unspecified atom stereocenters. The van der Waals surface area contributed by atoms with Crippen molar-refractivity contribution in [1.29, 1.82) is 0 Å². The summed E-state index contributed by atoms with van der Waals surface area (Å²) in [5.41, 5.74) is 1.96. The topological polar surface area (TPSA) is 101 Å². The van der Waals surface area contributed by atoms with Gasteiger partial charge in [0.05, 0.1) is 25.6 Å². The van der Waals surface area contributed by atoms with Gasteiger partial charge in [-0.2, -0.15) is 0 Å². The number of carbonyl (C=O) groups excluding carboxylic acids is 1. The Balaban J connectivity index is 1.87. The average molecular weight is 495 g/mol. The van der Waals surface area contributed by atoms with Crippen molar-refractivity contribution in [3.8, 4) is 5.88 Å². The third-order valence-corrected chi connectivity index (χ3v) is 6.32. The molecule has 0 spiro atoms. The highest BCUT2D eigenvalue weighted by Gasteiger charge is 2.21. The molecule has 0 bridgehead atoms. The number of nitrogens with zero attached hydrogens (tertiary/aromatic N) is 3. The summed E-state index contributed by atoms with van der Waals surface area (Å²) in [7, 11) is -2.13. The van der Waals surface area contributed by atoms with Crippen LogP contribution in [0.5, 0.6) is 5.88 Å². The van der Waals surface area contributed by atoms with E-state index in [1.807, 2.05) is 46.0 Å². The SMILES string of the molecule is COc1cccc(CN(CCc2ccc(Cl)cc2)c2nc(C(=O)NS(C)(=O)=O)c(C)s2)n1. The van der Waals surface area contributed by atoms with Gasteiger partial charge in [-0.05, 0) is 37.1 Å². The van der Waals surface area contributed by atoms with Crippen LogP contribution in [0.2, 0.25) is 5.02 Å². The highest BCUT2D eigenvalue weighted by Crippen LogP contribution is 2.27. The van der Waals surface area contributed by atoms with E-state index >= 15 is 0 Å². The van der Waals surface area contributed by atoms with E-state index < -0.39 is 15.9 Å². The molecule has 32 heavy (non-hydrogen) atoms. The number of pyridine rings is 1. The van der Waals surface area contributed by atoms with Crippen LogP contribution in [0.4, 0.5) is 5.13 Å². The summed E-state index contributed by atoms with van der Waals surface area (Å²) in [4.78, 5) is 23.9. The molecule has 0 saturated carbocycles. The van der Waals surface area contributed by atoms with Crippen LogP contribution in [0.3, 0.4) is 0 Å². The number of carbonyl (C=O) groups is 1. The average Bonchev–Trinajstić information content (AvgIpc) is 3.13. The maximum Gasteiger partial charge on any atom is 0.284 e. The number of sulfonamides is 1. The number of hydrogen-bond acceptors (Lipinski definition) is 8. The smallest absolute Gasteiger partial charge is 0.284 e. The van der Waals surface area contributed by atoms with Crippen LogP contribution in [0.15, 0.2) is 42.5 Å². The molecule has 11 heteroatoms. The molecular formula is C21H23ClN4O4S2. The van der Waals surface area contributed by atoms with Crippen molar-refractivity contribution in [1.82, 2.24) is 14.7 Å². The van der Waals surface area contributed by atoms with E-state index in [2.05, 4.69) is 9.97 Å². The number of hydrogen-bond donors (Lipinski definition) is 1. The number of aryl methyl sites for hydroxylation is 1. The van der Waals surface area contributed by atoms with Gasteiger partial charge in [-0.3, -0.25) is 4.79 Å². The van der Waals surface area contributed by atoms with Gasteiger partial charge < -0.3 is 9.64 Å². The maximum absolute atomic E-state index is 12.4. The summed E-state index contributed by atoms with van der Waals surface area (Å²) in [6.45, 7) is 2.77. The number of thiazole rings is 1. The highest BCUT2D eigenvalue weighted by molar-refractivity contribution is 7.89. The van der Waals surface area contributed by atoms with Gasteiger partial charge in [0.1, 0.15) is 5.69 Å². The highest BCUT2D eigenvalue weighted by atomic mass is 35.5. The standard InChI is InChI=1S/C21H23ClN4O4S2/c1-14-19(20(27)25-32(3,28)29)24-21(31-14)26(12-11-15-7-9-16(22)10-8-15)13-17-5-4-6-18(23-17)30-2/h4-10H,11-13H2,1-3H3,(H,25,27). The zero-order valence-electron chi connectivity index (χ0n) is 17.8. The summed E-state index contributed by atoms with van der Waals surface area (Å²) < 4.78 is 30.1. The first-order valence-electron chi connectivity index (χ1n) is 9.63. The molecule has 0 saturated heterocycles. The Morgan fingerprint density at radius 2 is 1.91 bits per heavy atom. The van der Waals surface area contributed by atoms with Gasteiger partial charge in [0.2, 0.25) is 15.9 Å². The first-order valence-corrected chi connectivity index (χ1v) is 12.7. The lowest BCUT2D eigenvalue weighted by molar-refractivity contribution is 0.0977. The lowest BCUT2D eigenvalue weighted by atomic mass is 10.1. The third-order valence-electron chi connectivity index (χ3n) is 4.48. The quantitative estimate of drug-likeness (QED) is 0.486. The minimum atomic E-state index is -3.69. The van der Waals surface area contributed by atoms with Crippen molar-refractivity contribution in [2.45, 2.75) is 19.9 Å². The second-order valence-electron chi connectivity index (χ2n) is 7.07. The van der Waals surface area contributed by atoms with E-state index in [4.69, 9.17) is 16.3 Å². The molecule has 0 aliphatic rings. The van der Waals surface area contributed by atoms with E-state index in [9.17, 15) is 13.2 Å². The molecule has 2 aromatic heterocycles. The summed E-state index contributed by atoms with van der Waals surface area (Å²) >= 11 is 7.30. The summed E-state index contributed by atoms with van der Waals surface area (Å²) in [5, 5.41) is 1.27. The second kappa shape index (κ2) is 10.3. The molecule has 3 aromatic rings. The summed E-state index contributed by atoms with van der Waals surface area (Å²) in [6.07, 6.45) is 1.64. The van der Waals surface area contributed by atoms with Crippen molar-refractivity contribution in [2.75, 3.05) is 24.8 Å². The Labute approximate surface area is 196 Å². The number of halogens is 1. The Hall–Kier alpha value is -2.69. The molecule has 2 heterocycles. The first kappa shape index (κ1) is 24.0. The molecule has 0 atom stereocenters. The third kappa shape index (κ3) is 6.65. The van der Waals surface area contributed by atoms with E-state index in [1.54, 1.807) is 20.1 Å².